The van der Waals surface area contributed by atoms with E-state index in [1.807, 2.05) is 0 Å². The molecule has 1 aliphatic heterocycles. The molecular formula is C15H21NO6S2. The molecule has 0 radical (unpaired) electrons. The van der Waals surface area contributed by atoms with Gasteiger partial charge in [-0.05, 0) is 0 Å². The molecule has 1 heterocycles. The van der Waals surface area contributed by atoms with Crippen molar-refractivity contribution < 1.29 is 28.7 Å². The third kappa shape index (κ3) is 7.39. The average molecular weight is 375 g/mol. The summed E-state index contributed by atoms with van der Waals surface area (Å²) < 4.78 is 9.18. The number of nitrogens with zero attached hydrogens (tertiary/aromatic N) is 1. The number of carbonyl (C=O) groups is 4. The Hall–Kier alpha value is -1.48. The predicted octanol–water partition coefficient (Wildman–Crippen LogP) is 0.873. The van der Waals surface area contributed by atoms with Crippen LogP contribution in [0.15, 0.2) is 12.2 Å². The van der Waals surface area contributed by atoms with E-state index in [0.717, 1.165) is 0 Å². The van der Waals surface area contributed by atoms with Crippen LogP contribution in [0.5, 0.6) is 0 Å². The summed E-state index contributed by atoms with van der Waals surface area (Å²) in [6, 6.07) is 0. The topological polar surface area (TPSA) is 90.0 Å². The molecule has 1 atom stereocenters. The summed E-state index contributed by atoms with van der Waals surface area (Å²) in [5.74, 6) is 0.580. The average Bonchev–Trinajstić information content (AvgIpc) is 2.89. The molecule has 0 aromatic rings. The summed E-state index contributed by atoms with van der Waals surface area (Å²) in [6.45, 7) is 0.279. The van der Waals surface area contributed by atoms with Gasteiger partial charge in [0.1, 0.15) is 0 Å². The normalized spacial score (nSPS) is 14.8. The number of esters is 2. The lowest BCUT2D eigenvalue weighted by Gasteiger charge is -2.22. The van der Waals surface area contributed by atoms with Crippen LogP contribution >= 0.6 is 23.5 Å². The fraction of sp³-hybridized carbons (Fsp3) is 0.600. The number of imide groups is 1. The van der Waals surface area contributed by atoms with Crippen LogP contribution in [0, 0.1) is 0 Å². The largest absolute Gasteiger partial charge is 0.469 e. The Morgan fingerprint density at radius 3 is 2.12 bits per heavy atom. The molecule has 134 valence electrons. The maximum absolute atomic E-state index is 11.7. The molecule has 0 N–H and O–H groups in total. The Bertz CT molecular complexity index is 490. The molecule has 0 saturated carbocycles. The minimum Gasteiger partial charge on any atom is -0.469 e. The van der Waals surface area contributed by atoms with Crippen LogP contribution in [0.2, 0.25) is 0 Å². The second kappa shape index (κ2) is 11.1. The van der Waals surface area contributed by atoms with Gasteiger partial charge in [0.05, 0.1) is 27.1 Å². The van der Waals surface area contributed by atoms with Crippen molar-refractivity contribution in [2.24, 2.45) is 0 Å². The van der Waals surface area contributed by atoms with Crippen molar-refractivity contribution in [1.29, 1.82) is 0 Å². The summed E-state index contributed by atoms with van der Waals surface area (Å²) in [6.07, 6.45) is 3.08. The molecule has 24 heavy (non-hydrogen) atoms. The molecule has 0 aromatic heterocycles. The number of rotatable bonds is 11. The lowest BCUT2D eigenvalue weighted by Crippen LogP contribution is -2.37. The number of ether oxygens (including phenoxy) is 2. The molecule has 1 aliphatic rings. The third-order valence-electron chi connectivity index (χ3n) is 3.16. The standard InChI is InChI=1S/C15H21NO6S2/c1-21-14(19)5-7-23-10-11(24-8-6-15(20)22-2)9-16-12(17)3-4-13(16)18/h3-4,11H,5-10H2,1-2H3. The molecule has 1 rings (SSSR count). The molecule has 0 aliphatic carbocycles. The monoisotopic (exact) mass is 375 g/mol. The molecular weight excluding hydrogens is 354 g/mol. The van der Waals surface area contributed by atoms with Gasteiger partial charge in [-0.3, -0.25) is 24.1 Å². The van der Waals surface area contributed by atoms with Gasteiger partial charge in [0, 0.05) is 41.2 Å². The maximum atomic E-state index is 11.7. The van der Waals surface area contributed by atoms with Gasteiger partial charge in [-0.1, -0.05) is 0 Å². The lowest BCUT2D eigenvalue weighted by molar-refractivity contribution is -0.141. The number of amides is 2. The Balaban J connectivity index is 2.45. The highest BCUT2D eigenvalue weighted by Crippen LogP contribution is 2.21. The summed E-state index contributed by atoms with van der Waals surface area (Å²) in [7, 11) is 2.68. The first kappa shape index (κ1) is 20.6. The van der Waals surface area contributed by atoms with E-state index in [-0.39, 0.29) is 42.0 Å². The van der Waals surface area contributed by atoms with Gasteiger partial charge in [0.2, 0.25) is 0 Å². The van der Waals surface area contributed by atoms with Crippen molar-refractivity contribution in [2.45, 2.75) is 18.1 Å². The smallest absolute Gasteiger partial charge is 0.306 e. The zero-order chi connectivity index (χ0) is 17.9. The number of hydrogen-bond donors (Lipinski definition) is 0. The van der Waals surface area contributed by atoms with Crippen LogP contribution in [0.3, 0.4) is 0 Å². The van der Waals surface area contributed by atoms with Crippen LogP contribution in [-0.2, 0) is 28.7 Å². The van der Waals surface area contributed by atoms with Crippen molar-refractivity contribution in [1.82, 2.24) is 4.90 Å². The van der Waals surface area contributed by atoms with Crippen LogP contribution in [0.25, 0.3) is 0 Å². The number of hydrogen-bond acceptors (Lipinski definition) is 8. The molecule has 0 saturated heterocycles. The fourth-order valence-electron chi connectivity index (χ4n) is 1.85. The van der Waals surface area contributed by atoms with E-state index in [1.54, 1.807) is 11.8 Å². The van der Waals surface area contributed by atoms with Gasteiger partial charge < -0.3 is 9.47 Å². The van der Waals surface area contributed by atoms with Gasteiger partial charge in [0.25, 0.3) is 11.8 Å². The van der Waals surface area contributed by atoms with Crippen LogP contribution in [0.4, 0.5) is 0 Å². The summed E-state index contributed by atoms with van der Waals surface area (Å²) in [5.41, 5.74) is 0. The van der Waals surface area contributed by atoms with Crippen LogP contribution in [-0.4, -0.2) is 71.9 Å². The zero-order valence-corrected chi connectivity index (χ0v) is 15.3. The highest BCUT2D eigenvalue weighted by Gasteiger charge is 2.26. The van der Waals surface area contributed by atoms with E-state index in [1.165, 1.54) is 43.0 Å². The first-order valence-corrected chi connectivity index (χ1v) is 9.54. The second-order valence-corrected chi connectivity index (χ2v) is 7.40. The van der Waals surface area contributed by atoms with E-state index < -0.39 is 0 Å². The molecule has 2 amide bonds. The van der Waals surface area contributed by atoms with Crippen molar-refractivity contribution in [3.8, 4) is 0 Å². The van der Waals surface area contributed by atoms with Gasteiger partial charge >= 0.3 is 11.9 Å². The Morgan fingerprint density at radius 2 is 1.58 bits per heavy atom. The maximum Gasteiger partial charge on any atom is 0.306 e. The van der Waals surface area contributed by atoms with E-state index in [0.29, 0.717) is 23.7 Å². The molecule has 1 unspecified atom stereocenters. The highest BCUT2D eigenvalue weighted by molar-refractivity contribution is 8.03. The summed E-state index contributed by atoms with van der Waals surface area (Å²) in [4.78, 5) is 46.8. The Morgan fingerprint density at radius 1 is 1.04 bits per heavy atom. The second-order valence-electron chi connectivity index (χ2n) is 4.84. The van der Waals surface area contributed by atoms with Gasteiger partial charge in [0.15, 0.2) is 0 Å². The minimum atomic E-state index is -0.321. The number of carbonyl (C=O) groups excluding carboxylic acids is 4. The predicted molar refractivity (Wildman–Crippen MR) is 92.7 cm³/mol. The van der Waals surface area contributed by atoms with Gasteiger partial charge in [-0.25, -0.2) is 0 Å². The Labute approximate surface area is 149 Å². The molecule has 0 spiro atoms. The molecule has 0 fully saturated rings. The van der Waals surface area contributed by atoms with Gasteiger partial charge in [-0.2, -0.15) is 23.5 Å². The van der Waals surface area contributed by atoms with E-state index in [9.17, 15) is 19.2 Å². The lowest BCUT2D eigenvalue weighted by atomic mass is 10.4. The van der Waals surface area contributed by atoms with Crippen LogP contribution < -0.4 is 0 Å². The van der Waals surface area contributed by atoms with E-state index in [4.69, 9.17) is 0 Å². The van der Waals surface area contributed by atoms with E-state index in [2.05, 4.69) is 9.47 Å². The molecule has 9 heteroatoms. The molecule has 0 aromatic carbocycles. The highest BCUT2D eigenvalue weighted by atomic mass is 32.2. The summed E-state index contributed by atoms with van der Waals surface area (Å²) in [5, 5.41) is -0.0231. The van der Waals surface area contributed by atoms with Crippen molar-refractivity contribution in [3.05, 3.63) is 12.2 Å². The van der Waals surface area contributed by atoms with Crippen molar-refractivity contribution in [3.63, 3.8) is 0 Å². The van der Waals surface area contributed by atoms with Crippen molar-refractivity contribution in [2.75, 3.05) is 38.0 Å². The van der Waals surface area contributed by atoms with Crippen molar-refractivity contribution >= 4 is 47.3 Å². The quantitative estimate of drug-likeness (QED) is 0.299. The third-order valence-corrected chi connectivity index (χ3v) is 5.72. The van der Waals surface area contributed by atoms with Gasteiger partial charge in [-0.15, -0.1) is 0 Å². The number of thioether (sulfide) groups is 2. The van der Waals surface area contributed by atoms with Crippen LogP contribution in [0.1, 0.15) is 12.8 Å². The fourth-order valence-corrected chi connectivity index (χ4v) is 4.24. The SMILES string of the molecule is COC(=O)CCSCC(CN1C(=O)C=CC1=O)SCCC(=O)OC. The first-order valence-electron chi connectivity index (χ1n) is 7.34. The first-order chi connectivity index (χ1) is 11.5. The van der Waals surface area contributed by atoms with E-state index >= 15 is 0 Å². The Kier molecular flexibility index (Phi) is 9.55. The zero-order valence-electron chi connectivity index (χ0n) is 13.7. The molecule has 0 bridgehead atoms. The minimum absolute atomic E-state index is 0.0231. The molecule has 7 nitrogen and oxygen atoms in total. The number of methoxy groups -OCH3 is 2. The summed E-state index contributed by atoms with van der Waals surface area (Å²) >= 11 is 3.06.